The third-order valence-corrected chi connectivity index (χ3v) is 5.54. The number of aromatic nitrogens is 1. The molecule has 28 heavy (non-hydrogen) atoms. The SMILES string of the molecule is C=CCC/C(=C\CC)c1ccc2[nH]cc(/C(=C/CC)CC(C)CCCC)c2c1. The van der Waals surface area contributed by atoms with Crippen LogP contribution in [0.25, 0.3) is 22.0 Å². The van der Waals surface area contributed by atoms with Gasteiger partial charge in [-0.3, -0.25) is 0 Å². The third-order valence-electron chi connectivity index (χ3n) is 5.54. The Morgan fingerprint density at radius 3 is 2.54 bits per heavy atom. The minimum Gasteiger partial charge on any atom is -0.361 e. The molecule has 1 N–H and O–H groups in total. The molecule has 0 saturated heterocycles. The number of benzene rings is 1. The average Bonchev–Trinajstić information content (AvgIpc) is 3.12. The first-order valence-electron chi connectivity index (χ1n) is 11.2. The molecular formula is C27H39N. The molecule has 0 aliphatic rings. The lowest BCUT2D eigenvalue weighted by atomic mass is 9.90. The number of hydrogen-bond acceptors (Lipinski definition) is 0. The fraction of sp³-hybridized carbons (Fsp3) is 0.481. The van der Waals surface area contributed by atoms with Gasteiger partial charge in [-0.05, 0) is 66.9 Å². The van der Waals surface area contributed by atoms with Crippen LogP contribution in [0, 0.1) is 5.92 Å². The zero-order chi connectivity index (χ0) is 20.4. The number of allylic oxidation sites excluding steroid dienone is 5. The van der Waals surface area contributed by atoms with Crippen molar-refractivity contribution in [3.05, 3.63) is 60.3 Å². The Balaban J connectivity index is 2.39. The van der Waals surface area contributed by atoms with Gasteiger partial charge in [-0.25, -0.2) is 0 Å². The van der Waals surface area contributed by atoms with Crippen molar-refractivity contribution in [1.82, 2.24) is 4.98 Å². The second kappa shape index (κ2) is 11.7. The third kappa shape index (κ3) is 5.99. The van der Waals surface area contributed by atoms with E-state index in [4.69, 9.17) is 0 Å². The predicted octanol–water partition coefficient (Wildman–Crippen LogP) is 8.94. The Bertz CT molecular complexity index is 803. The minimum absolute atomic E-state index is 0.731. The van der Waals surface area contributed by atoms with Crippen molar-refractivity contribution in [3.8, 4) is 0 Å². The summed E-state index contributed by atoms with van der Waals surface area (Å²) >= 11 is 0. The molecule has 1 aromatic carbocycles. The lowest BCUT2D eigenvalue weighted by Gasteiger charge is -2.14. The van der Waals surface area contributed by atoms with Crippen LogP contribution in [0.5, 0.6) is 0 Å². The van der Waals surface area contributed by atoms with Crippen LogP contribution in [0.3, 0.4) is 0 Å². The summed E-state index contributed by atoms with van der Waals surface area (Å²) in [6.07, 6.45) is 18.4. The molecule has 0 amide bonds. The van der Waals surface area contributed by atoms with E-state index in [0.29, 0.717) is 0 Å². The molecule has 1 unspecified atom stereocenters. The van der Waals surface area contributed by atoms with Gasteiger partial charge in [-0.15, -0.1) is 6.58 Å². The lowest BCUT2D eigenvalue weighted by Crippen LogP contribution is -1.97. The first-order valence-corrected chi connectivity index (χ1v) is 11.2. The predicted molar refractivity (Wildman–Crippen MR) is 128 cm³/mol. The molecule has 1 heteroatoms. The normalized spacial score (nSPS) is 13.9. The van der Waals surface area contributed by atoms with Crippen LogP contribution in [0.1, 0.15) is 90.2 Å². The molecule has 0 aliphatic heterocycles. The van der Waals surface area contributed by atoms with Gasteiger partial charge in [0.2, 0.25) is 0 Å². The molecule has 0 fully saturated rings. The maximum atomic E-state index is 3.89. The van der Waals surface area contributed by atoms with E-state index in [1.807, 2.05) is 6.08 Å². The van der Waals surface area contributed by atoms with E-state index in [-0.39, 0.29) is 0 Å². The van der Waals surface area contributed by atoms with Crippen molar-refractivity contribution in [2.24, 2.45) is 5.92 Å². The van der Waals surface area contributed by atoms with E-state index >= 15 is 0 Å². The Morgan fingerprint density at radius 2 is 1.86 bits per heavy atom. The smallest absolute Gasteiger partial charge is 0.0460 e. The summed E-state index contributed by atoms with van der Waals surface area (Å²) in [5, 5.41) is 1.36. The number of H-pyrrole nitrogens is 1. The monoisotopic (exact) mass is 377 g/mol. The zero-order valence-electron chi connectivity index (χ0n) is 18.5. The second-order valence-corrected chi connectivity index (χ2v) is 8.02. The van der Waals surface area contributed by atoms with E-state index in [9.17, 15) is 0 Å². The number of hydrogen-bond donors (Lipinski definition) is 1. The molecule has 1 nitrogen and oxygen atoms in total. The summed E-state index contributed by atoms with van der Waals surface area (Å²) in [4.78, 5) is 3.51. The molecule has 1 atom stereocenters. The molecule has 0 aliphatic carbocycles. The van der Waals surface area contributed by atoms with Crippen molar-refractivity contribution in [1.29, 1.82) is 0 Å². The fourth-order valence-electron chi connectivity index (χ4n) is 4.03. The van der Waals surface area contributed by atoms with E-state index < -0.39 is 0 Å². The van der Waals surface area contributed by atoms with Crippen molar-refractivity contribution >= 4 is 22.0 Å². The van der Waals surface area contributed by atoms with Gasteiger partial charge >= 0.3 is 0 Å². The molecule has 152 valence electrons. The molecule has 1 aromatic heterocycles. The highest BCUT2D eigenvalue weighted by atomic mass is 14.7. The molecule has 1 heterocycles. The van der Waals surface area contributed by atoms with Gasteiger partial charge in [0, 0.05) is 22.7 Å². The highest BCUT2D eigenvalue weighted by Gasteiger charge is 2.13. The van der Waals surface area contributed by atoms with Crippen LogP contribution in [0.4, 0.5) is 0 Å². The summed E-state index contributed by atoms with van der Waals surface area (Å²) < 4.78 is 0. The van der Waals surface area contributed by atoms with E-state index in [0.717, 1.165) is 31.6 Å². The van der Waals surface area contributed by atoms with Gasteiger partial charge in [0.05, 0.1) is 0 Å². The highest BCUT2D eigenvalue weighted by molar-refractivity contribution is 5.94. The summed E-state index contributed by atoms with van der Waals surface area (Å²) in [5.41, 5.74) is 6.92. The standard InChI is InChI=1S/C27H39N/c1-6-10-14-21(5)18-24(13-9-4)26-20-28-27-17-16-23(19-25(26)27)22(12-8-3)15-11-7-2/h7,12-13,16-17,19-21,28H,2,6,8-11,14-15,18H2,1,3-5H3/b22-12+,24-13+. The Kier molecular flexibility index (Phi) is 9.34. The molecule has 0 spiro atoms. The van der Waals surface area contributed by atoms with Gasteiger partial charge in [0.25, 0.3) is 0 Å². The van der Waals surface area contributed by atoms with Crippen molar-refractivity contribution in [3.63, 3.8) is 0 Å². The summed E-state index contributed by atoms with van der Waals surface area (Å²) in [6, 6.07) is 6.90. The van der Waals surface area contributed by atoms with Gasteiger partial charge in [-0.1, -0.05) is 71.3 Å². The number of aromatic amines is 1. The van der Waals surface area contributed by atoms with Gasteiger partial charge in [-0.2, -0.15) is 0 Å². The van der Waals surface area contributed by atoms with E-state index in [1.165, 1.54) is 58.9 Å². The Morgan fingerprint density at radius 1 is 1.11 bits per heavy atom. The summed E-state index contributed by atoms with van der Waals surface area (Å²) in [5.74, 6) is 0.731. The van der Waals surface area contributed by atoms with Crippen LogP contribution >= 0.6 is 0 Å². The lowest BCUT2D eigenvalue weighted by molar-refractivity contribution is 0.517. The summed E-state index contributed by atoms with van der Waals surface area (Å²) in [7, 11) is 0. The molecule has 2 aromatic rings. The number of rotatable bonds is 12. The number of fused-ring (bicyclic) bond motifs is 1. The molecular weight excluding hydrogens is 338 g/mol. The van der Waals surface area contributed by atoms with Gasteiger partial charge in [0.1, 0.15) is 0 Å². The Hall–Kier alpha value is -2.02. The largest absolute Gasteiger partial charge is 0.361 e. The molecule has 2 rings (SSSR count). The van der Waals surface area contributed by atoms with Crippen molar-refractivity contribution in [2.45, 2.75) is 79.1 Å². The first kappa shape index (κ1) is 22.3. The van der Waals surface area contributed by atoms with E-state index in [1.54, 1.807) is 0 Å². The summed E-state index contributed by atoms with van der Waals surface area (Å²) in [6.45, 7) is 13.0. The second-order valence-electron chi connectivity index (χ2n) is 8.02. The van der Waals surface area contributed by atoms with Gasteiger partial charge in [0.15, 0.2) is 0 Å². The molecule has 0 bridgehead atoms. The highest BCUT2D eigenvalue weighted by Crippen LogP contribution is 2.33. The van der Waals surface area contributed by atoms with Crippen molar-refractivity contribution in [2.75, 3.05) is 0 Å². The van der Waals surface area contributed by atoms with Crippen LogP contribution < -0.4 is 0 Å². The molecule has 0 saturated carbocycles. The van der Waals surface area contributed by atoms with Gasteiger partial charge < -0.3 is 4.98 Å². The number of unbranched alkanes of at least 4 members (excludes halogenated alkanes) is 1. The maximum Gasteiger partial charge on any atom is 0.0460 e. The van der Waals surface area contributed by atoms with E-state index in [2.05, 4.69) is 75.8 Å². The quantitative estimate of drug-likeness (QED) is 0.355. The maximum absolute atomic E-state index is 3.89. The van der Waals surface area contributed by atoms with Crippen LogP contribution in [-0.4, -0.2) is 4.98 Å². The van der Waals surface area contributed by atoms with Crippen LogP contribution in [-0.2, 0) is 0 Å². The Labute approximate surface area is 172 Å². The van der Waals surface area contributed by atoms with Crippen LogP contribution in [0.2, 0.25) is 0 Å². The average molecular weight is 378 g/mol. The topological polar surface area (TPSA) is 15.8 Å². The first-order chi connectivity index (χ1) is 13.6. The fourth-order valence-corrected chi connectivity index (χ4v) is 4.03. The number of nitrogens with one attached hydrogen (secondary N) is 1. The molecule has 0 radical (unpaired) electrons. The van der Waals surface area contributed by atoms with Crippen molar-refractivity contribution < 1.29 is 0 Å². The zero-order valence-corrected chi connectivity index (χ0v) is 18.5. The van der Waals surface area contributed by atoms with Crippen LogP contribution in [0.15, 0.2) is 49.2 Å². The minimum atomic E-state index is 0.731.